The minimum Gasteiger partial charge on any atom is -0.480 e. The van der Waals surface area contributed by atoms with Crippen LogP contribution in [-0.4, -0.2) is 29.1 Å². The van der Waals surface area contributed by atoms with Gasteiger partial charge in [0.15, 0.2) is 0 Å². The fraction of sp³-hybridized carbons (Fsp3) is 0.562. The van der Waals surface area contributed by atoms with Gasteiger partial charge in [0.1, 0.15) is 6.04 Å². The number of carboxylic acids is 1. The van der Waals surface area contributed by atoms with Crippen LogP contribution in [0.5, 0.6) is 0 Å². The van der Waals surface area contributed by atoms with Gasteiger partial charge >= 0.3 is 5.97 Å². The van der Waals surface area contributed by atoms with E-state index in [1.54, 1.807) is 0 Å². The lowest BCUT2D eigenvalue weighted by atomic mass is 9.90. The Morgan fingerprint density at radius 1 is 1.05 bits per heavy atom. The van der Waals surface area contributed by atoms with Crippen LogP contribution in [0.1, 0.15) is 39.3 Å². The molecular formula is C16H25NO2. The summed E-state index contributed by atoms with van der Waals surface area (Å²) in [4.78, 5) is 13.6. The van der Waals surface area contributed by atoms with Crippen molar-refractivity contribution < 1.29 is 9.90 Å². The zero-order valence-corrected chi connectivity index (χ0v) is 12.5. The van der Waals surface area contributed by atoms with Crippen LogP contribution in [0.3, 0.4) is 0 Å². The first-order valence-electron chi connectivity index (χ1n) is 6.86. The lowest BCUT2D eigenvalue weighted by molar-refractivity contribution is -0.144. The van der Waals surface area contributed by atoms with Gasteiger partial charge in [-0.3, -0.25) is 9.69 Å². The fourth-order valence-electron chi connectivity index (χ4n) is 3.07. The third-order valence-corrected chi connectivity index (χ3v) is 3.59. The first kappa shape index (κ1) is 15.7. The molecule has 0 radical (unpaired) electrons. The van der Waals surface area contributed by atoms with Crippen LogP contribution in [0.2, 0.25) is 0 Å². The van der Waals surface area contributed by atoms with Crippen molar-refractivity contribution in [1.82, 2.24) is 4.90 Å². The van der Waals surface area contributed by atoms with Crippen molar-refractivity contribution in [1.29, 1.82) is 0 Å². The second kappa shape index (κ2) is 6.71. The van der Waals surface area contributed by atoms with E-state index in [0.29, 0.717) is 11.8 Å². The number of aliphatic carboxylic acids is 1. The molecule has 0 heterocycles. The Hall–Kier alpha value is -1.35. The smallest absolute Gasteiger partial charge is 0.325 e. The summed E-state index contributed by atoms with van der Waals surface area (Å²) in [5.74, 6) is 0.0334. The van der Waals surface area contributed by atoms with Gasteiger partial charge in [-0.1, -0.05) is 58.0 Å². The summed E-state index contributed by atoms with van der Waals surface area (Å²) in [6, 6.07) is 9.10. The molecule has 1 rings (SSSR count). The monoisotopic (exact) mass is 263 g/mol. The zero-order chi connectivity index (χ0) is 14.6. The molecule has 3 heteroatoms. The van der Waals surface area contributed by atoms with Gasteiger partial charge in [0, 0.05) is 6.04 Å². The van der Waals surface area contributed by atoms with E-state index in [-0.39, 0.29) is 6.04 Å². The maximum Gasteiger partial charge on any atom is 0.325 e. The predicted octanol–water partition coefficient (Wildman–Crippen LogP) is 3.42. The van der Waals surface area contributed by atoms with Crippen LogP contribution < -0.4 is 0 Å². The van der Waals surface area contributed by atoms with Gasteiger partial charge in [-0.2, -0.15) is 0 Å². The fourth-order valence-corrected chi connectivity index (χ4v) is 3.07. The van der Waals surface area contributed by atoms with Gasteiger partial charge in [0.05, 0.1) is 0 Å². The Morgan fingerprint density at radius 3 is 1.89 bits per heavy atom. The van der Waals surface area contributed by atoms with Crippen molar-refractivity contribution >= 4 is 5.97 Å². The molecule has 1 atom stereocenters. The zero-order valence-electron chi connectivity index (χ0n) is 12.5. The highest BCUT2D eigenvalue weighted by Crippen LogP contribution is 2.28. The Bertz CT molecular complexity index is 392. The highest BCUT2D eigenvalue weighted by Gasteiger charge is 2.32. The number of rotatable bonds is 6. The van der Waals surface area contributed by atoms with Gasteiger partial charge in [-0.15, -0.1) is 0 Å². The summed E-state index contributed by atoms with van der Waals surface area (Å²) >= 11 is 0. The molecule has 19 heavy (non-hydrogen) atoms. The Kier molecular flexibility index (Phi) is 5.55. The van der Waals surface area contributed by atoms with E-state index in [0.717, 1.165) is 5.56 Å². The summed E-state index contributed by atoms with van der Waals surface area (Å²) < 4.78 is 0. The second-order valence-corrected chi connectivity index (χ2v) is 5.80. The predicted molar refractivity (Wildman–Crippen MR) is 78.0 cm³/mol. The third-order valence-electron chi connectivity index (χ3n) is 3.59. The van der Waals surface area contributed by atoms with Crippen molar-refractivity contribution in [2.75, 3.05) is 7.05 Å². The highest BCUT2D eigenvalue weighted by atomic mass is 16.4. The van der Waals surface area contributed by atoms with Crippen LogP contribution >= 0.6 is 0 Å². The average molecular weight is 263 g/mol. The number of benzene rings is 1. The molecule has 106 valence electrons. The molecule has 1 aromatic rings. The first-order chi connectivity index (χ1) is 8.86. The summed E-state index contributed by atoms with van der Waals surface area (Å²) in [7, 11) is 1.91. The van der Waals surface area contributed by atoms with Crippen molar-refractivity contribution in [2.45, 2.75) is 39.8 Å². The third kappa shape index (κ3) is 3.80. The van der Waals surface area contributed by atoms with E-state index in [9.17, 15) is 9.90 Å². The van der Waals surface area contributed by atoms with Gasteiger partial charge in [-0.05, 0) is 24.4 Å². The van der Waals surface area contributed by atoms with Crippen molar-refractivity contribution in [3.05, 3.63) is 35.9 Å². The largest absolute Gasteiger partial charge is 0.480 e. The lowest BCUT2D eigenvalue weighted by Gasteiger charge is -2.38. The molecule has 1 unspecified atom stereocenters. The summed E-state index contributed by atoms with van der Waals surface area (Å²) in [6.45, 7) is 8.58. The van der Waals surface area contributed by atoms with Crippen LogP contribution in [0.15, 0.2) is 30.3 Å². The van der Waals surface area contributed by atoms with Crippen LogP contribution in [-0.2, 0) is 4.79 Å². The molecule has 0 aliphatic carbocycles. The molecule has 1 aromatic carbocycles. The van der Waals surface area contributed by atoms with Crippen molar-refractivity contribution in [3.8, 4) is 0 Å². The molecule has 0 aliphatic rings. The molecule has 0 spiro atoms. The Balaban J connectivity index is 3.09. The average Bonchev–Trinajstić information content (AvgIpc) is 2.28. The van der Waals surface area contributed by atoms with E-state index in [4.69, 9.17) is 0 Å². The molecule has 0 saturated heterocycles. The van der Waals surface area contributed by atoms with Crippen LogP contribution in [0.25, 0.3) is 0 Å². The molecule has 0 amide bonds. The number of hydrogen-bond acceptors (Lipinski definition) is 2. The quantitative estimate of drug-likeness (QED) is 0.855. The minimum absolute atomic E-state index is 0.237. The van der Waals surface area contributed by atoms with Gasteiger partial charge < -0.3 is 5.11 Å². The number of nitrogens with zero attached hydrogens (tertiary/aromatic N) is 1. The van der Waals surface area contributed by atoms with Crippen LogP contribution in [0.4, 0.5) is 0 Å². The molecule has 3 nitrogen and oxygen atoms in total. The molecule has 0 aromatic heterocycles. The maximum atomic E-state index is 11.6. The standard InChI is InChI=1S/C16H25NO2/c1-11(2)14(12(3)4)17(5)15(16(18)19)13-9-7-6-8-10-13/h6-12,14-15H,1-5H3,(H,18,19). The number of likely N-dealkylation sites (N-methyl/N-ethyl adjacent to an activating group) is 1. The Morgan fingerprint density at radius 2 is 1.53 bits per heavy atom. The highest BCUT2D eigenvalue weighted by molar-refractivity contribution is 5.75. The Labute approximate surface area is 116 Å². The molecule has 0 bridgehead atoms. The van der Waals surface area contributed by atoms with E-state index in [1.807, 2.05) is 42.3 Å². The maximum absolute atomic E-state index is 11.6. The van der Waals surface area contributed by atoms with E-state index >= 15 is 0 Å². The number of carboxylic acid groups (broad SMARTS) is 1. The number of carbonyl (C=O) groups is 1. The molecule has 0 aliphatic heterocycles. The van der Waals surface area contributed by atoms with Gasteiger partial charge in [0.2, 0.25) is 0 Å². The SMILES string of the molecule is CC(C)C(C(C)C)N(C)C(C(=O)O)c1ccccc1. The molecule has 0 fully saturated rings. The second-order valence-electron chi connectivity index (χ2n) is 5.80. The lowest BCUT2D eigenvalue weighted by Crippen LogP contribution is -2.44. The van der Waals surface area contributed by atoms with Gasteiger partial charge in [-0.25, -0.2) is 0 Å². The van der Waals surface area contributed by atoms with E-state index in [2.05, 4.69) is 27.7 Å². The number of hydrogen-bond donors (Lipinski definition) is 1. The van der Waals surface area contributed by atoms with Crippen LogP contribution in [0, 0.1) is 11.8 Å². The molecular weight excluding hydrogens is 238 g/mol. The van der Waals surface area contributed by atoms with Gasteiger partial charge in [0.25, 0.3) is 0 Å². The first-order valence-corrected chi connectivity index (χ1v) is 6.86. The minimum atomic E-state index is -0.792. The molecule has 1 N–H and O–H groups in total. The topological polar surface area (TPSA) is 40.5 Å². The summed E-state index contributed by atoms with van der Waals surface area (Å²) in [5.41, 5.74) is 0.837. The normalized spacial score (nSPS) is 13.5. The summed E-state index contributed by atoms with van der Waals surface area (Å²) in [6.07, 6.45) is 0. The van der Waals surface area contributed by atoms with E-state index in [1.165, 1.54) is 0 Å². The van der Waals surface area contributed by atoms with Crippen molar-refractivity contribution in [3.63, 3.8) is 0 Å². The van der Waals surface area contributed by atoms with Crippen molar-refractivity contribution in [2.24, 2.45) is 11.8 Å². The summed E-state index contributed by atoms with van der Waals surface area (Å²) in [5, 5.41) is 9.57. The molecule has 0 saturated carbocycles. The van der Waals surface area contributed by atoms with E-state index < -0.39 is 12.0 Å².